The van der Waals surface area contributed by atoms with Crippen molar-refractivity contribution in [3.05, 3.63) is 11.1 Å². The SMILES string of the molecule is CC1(O)OC2(CCCCC2)OC(=O)C1=C1C(=O)OC2(CCCCC2)OC1=O. The molecule has 1 atom stereocenters. The lowest BCUT2D eigenvalue weighted by atomic mass is 9.89. The lowest BCUT2D eigenvalue weighted by Crippen LogP contribution is -2.57. The summed E-state index contributed by atoms with van der Waals surface area (Å²) >= 11 is 0. The Morgan fingerprint density at radius 2 is 1.15 bits per heavy atom. The van der Waals surface area contributed by atoms with Gasteiger partial charge in [0.05, 0.1) is 0 Å². The van der Waals surface area contributed by atoms with Gasteiger partial charge in [-0.25, -0.2) is 14.4 Å². The summed E-state index contributed by atoms with van der Waals surface area (Å²) in [5.74, 6) is -7.57. The standard InChI is InChI=1S/C19H24O8/c1-17(23)13(16(22)26-19(27-17)10-6-3-7-11-19)12-14(20)24-18(25-15(12)21)8-4-2-5-9-18/h23H,2-11H2,1H3. The van der Waals surface area contributed by atoms with Gasteiger partial charge in [0.1, 0.15) is 5.57 Å². The van der Waals surface area contributed by atoms with Crippen molar-refractivity contribution in [2.75, 3.05) is 0 Å². The minimum atomic E-state index is -2.16. The quantitative estimate of drug-likeness (QED) is 0.386. The first kappa shape index (κ1) is 18.4. The predicted molar refractivity (Wildman–Crippen MR) is 88.6 cm³/mol. The summed E-state index contributed by atoms with van der Waals surface area (Å²) in [5.41, 5.74) is -1.20. The zero-order valence-electron chi connectivity index (χ0n) is 15.4. The van der Waals surface area contributed by atoms with Gasteiger partial charge < -0.3 is 24.1 Å². The Bertz CT molecular complexity index is 685. The molecule has 8 nitrogen and oxygen atoms in total. The maximum Gasteiger partial charge on any atom is 0.349 e. The Morgan fingerprint density at radius 3 is 1.63 bits per heavy atom. The van der Waals surface area contributed by atoms with E-state index in [0.717, 1.165) is 38.5 Å². The number of aliphatic hydroxyl groups is 1. The lowest BCUT2D eigenvalue weighted by Gasteiger charge is -2.46. The third-order valence-electron chi connectivity index (χ3n) is 5.78. The van der Waals surface area contributed by atoms with Crippen molar-refractivity contribution in [2.24, 2.45) is 0 Å². The molecule has 8 heteroatoms. The van der Waals surface area contributed by atoms with Gasteiger partial charge in [-0.15, -0.1) is 0 Å². The Kier molecular flexibility index (Phi) is 4.31. The van der Waals surface area contributed by atoms with Crippen LogP contribution in [0.2, 0.25) is 0 Å². The smallest absolute Gasteiger partial charge is 0.349 e. The normalized spacial score (nSPS) is 32.9. The minimum absolute atomic E-state index is 0.424. The molecule has 0 aromatic rings. The summed E-state index contributed by atoms with van der Waals surface area (Å²) < 4.78 is 22.0. The molecule has 2 aliphatic heterocycles. The van der Waals surface area contributed by atoms with E-state index in [0.29, 0.717) is 25.7 Å². The summed E-state index contributed by atoms with van der Waals surface area (Å²) in [4.78, 5) is 38.0. The maximum atomic E-state index is 12.7. The van der Waals surface area contributed by atoms with Crippen LogP contribution in [0.1, 0.15) is 71.1 Å². The van der Waals surface area contributed by atoms with Crippen LogP contribution < -0.4 is 0 Å². The Morgan fingerprint density at radius 1 is 0.704 bits per heavy atom. The van der Waals surface area contributed by atoms with Crippen molar-refractivity contribution in [2.45, 2.75) is 88.5 Å². The summed E-state index contributed by atoms with van der Waals surface area (Å²) in [5, 5.41) is 10.8. The van der Waals surface area contributed by atoms with Gasteiger partial charge in [0.15, 0.2) is 5.57 Å². The molecule has 4 rings (SSSR count). The van der Waals surface area contributed by atoms with Crippen LogP contribution in [0.25, 0.3) is 0 Å². The number of carbonyl (C=O) groups excluding carboxylic acids is 3. The minimum Gasteiger partial charge on any atom is -0.429 e. The molecule has 27 heavy (non-hydrogen) atoms. The predicted octanol–water partition coefficient (Wildman–Crippen LogP) is 1.99. The second kappa shape index (κ2) is 6.31. The molecule has 2 heterocycles. The summed E-state index contributed by atoms with van der Waals surface area (Å²) in [6.45, 7) is 1.23. The molecule has 0 radical (unpaired) electrons. The lowest BCUT2D eigenvalue weighted by molar-refractivity contribution is -0.343. The van der Waals surface area contributed by atoms with Crippen LogP contribution in [-0.4, -0.2) is 40.4 Å². The summed E-state index contributed by atoms with van der Waals surface area (Å²) in [7, 11) is 0. The van der Waals surface area contributed by atoms with Gasteiger partial charge >= 0.3 is 17.9 Å². The fraction of sp³-hybridized carbons (Fsp3) is 0.737. The van der Waals surface area contributed by atoms with Crippen LogP contribution in [0, 0.1) is 0 Å². The molecule has 0 aromatic carbocycles. The van der Waals surface area contributed by atoms with Gasteiger partial charge in [0.25, 0.3) is 5.79 Å². The van der Waals surface area contributed by atoms with Crippen LogP contribution in [0.15, 0.2) is 11.1 Å². The Hall–Kier alpha value is -1.93. The highest BCUT2D eigenvalue weighted by molar-refractivity contribution is 6.20. The first-order chi connectivity index (χ1) is 12.8. The first-order valence-corrected chi connectivity index (χ1v) is 9.63. The average molecular weight is 380 g/mol. The largest absolute Gasteiger partial charge is 0.429 e. The maximum absolute atomic E-state index is 12.7. The van der Waals surface area contributed by atoms with Crippen LogP contribution in [0.4, 0.5) is 0 Å². The number of ether oxygens (including phenoxy) is 4. The highest BCUT2D eigenvalue weighted by Gasteiger charge is 2.57. The fourth-order valence-corrected chi connectivity index (χ4v) is 4.51. The van der Waals surface area contributed by atoms with E-state index in [2.05, 4.69) is 0 Å². The molecule has 2 spiro atoms. The van der Waals surface area contributed by atoms with Crippen molar-refractivity contribution in [1.82, 2.24) is 0 Å². The third kappa shape index (κ3) is 3.14. The fourth-order valence-electron chi connectivity index (χ4n) is 4.51. The molecule has 2 aliphatic carbocycles. The second-order valence-electron chi connectivity index (χ2n) is 7.95. The third-order valence-corrected chi connectivity index (χ3v) is 5.78. The van der Waals surface area contributed by atoms with Gasteiger partial charge in [0, 0.05) is 25.7 Å². The molecule has 4 aliphatic rings. The van der Waals surface area contributed by atoms with Crippen LogP contribution in [0.5, 0.6) is 0 Å². The molecule has 1 unspecified atom stereocenters. The number of hydrogen-bond acceptors (Lipinski definition) is 8. The van der Waals surface area contributed by atoms with Crippen molar-refractivity contribution in [3.8, 4) is 0 Å². The van der Waals surface area contributed by atoms with E-state index in [9.17, 15) is 19.5 Å². The number of esters is 3. The summed E-state index contributed by atoms with van der Waals surface area (Å²) in [6.07, 6.45) is 6.85. The van der Waals surface area contributed by atoms with Gasteiger partial charge in [-0.3, -0.25) is 0 Å². The van der Waals surface area contributed by atoms with Crippen LogP contribution in [0.3, 0.4) is 0 Å². The zero-order chi connectivity index (χ0) is 19.3. The Labute approximate surface area is 156 Å². The van der Waals surface area contributed by atoms with Gasteiger partial charge in [0.2, 0.25) is 11.6 Å². The molecule has 0 aromatic heterocycles. The molecule has 0 bridgehead atoms. The van der Waals surface area contributed by atoms with Crippen LogP contribution in [-0.2, 0) is 33.3 Å². The van der Waals surface area contributed by atoms with E-state index in [4.69, 9.17) is 18.9 Å². The molecule has 1 N–H and O–H groups in total. The van der Waals surface area contributed by atoms with Crippen molar-refractivity contribution in [1.29, 1.82) is 0 Å². The van der Waals surface area contributed by atoms with E-state index in [1.165, 1.54) is 6.92 Å². The molecule has 2 saturated heterocycles. The number of carbonyl (C=O) groups is 3. The van der Waals surface area contributed by atoms with E-state index in [1.54, 1.807) is 0 Å². The van der Waals surface area contributed by atoms with Gasteiger partial charge in [-0.1, -0.05) is 12.8 Å². The molecule has 4 fully saturated rings. The number of rotatable bonds is 0. The van der Waals surface area contributed by atoms with Crippen molar-refractivity contribution < 1.29 is 38.4 Å². The van der Waals surface area contributed by atoms with Crippen LogP contribution >= 0.6 is 0 Å². The monoisotopic (exact) mass is 380 g/mol. The van der Waals surface area contributed by atoms with E-state index in [-0.39, 0.29) is 0 Å². The van der Waals surface area contributed by atoms with E-state index < -0.39 is 46.4 Å². The second-order valence-corrected chi connectivity index (χ2v) is 7.95. The molecular weight excluding hydrogens is 356 g/mol. The highest BCUT2D eigenvalue weighted by atomic mass is 16.8. The van der Waals surface area contributed by atoms with E-state index >= 15 is 0 Å². The zero-order valence-corrected chi connectivity index (χ0v) is 15.4. The summed E-state index contributed by atoms with van der Waals surface area (Å²) in [6, 6.07) is 0. The van der Waals surface area contributed by atoms with Gasteiger partial charge in [-0.2, -0.15) is 0 Å². The molecular formula is C19H24O8. The van der Waals surface area contributed by atoms with E-state index in [1.807, 2.05) is 0 Å². The molecule has 148 valence electrons. The van der Waals surface area contributed by atoms with Crippen molar-refractivity contribution >= 4 is 17.9 Å². The average Bonchev–Trinajstić information content (AvgIpc) is 2.57. The Balaban J connectivity index is 1.66. The molecule has 0 amide bonds. The van der Waals surface area contributed by atoms with Crippen molar-refractivity contribution in [3.63, 3.8) is 0 Å². The van der Waals surface area contributed by atoms with Gasteiger partial charge in [-0.05, 0) is 32.6 Å². The molecule has 2 saturated carbocycles. The number of hydrogen-bond donors (Lipinski definition) is 1. The topological polar surface area (TPSA) is 108 Å². The first-order valence-electron chi connectivity index (χ1n) is 9.63. The highest BCUT2D eigenvalue weighted by Crippen LogP contribution is 2.45.